The molecule has 21 heavy (non-hydrogen) atoms. The summed E-state index contributed by atoms with van der Waals surface area (Å²) in [6, 6.07) is 0. The van der Waals surface area contributed by atoms with Gasteiger partial charge in [-0.05, 0) is 25.7 Å². The first kappa shape index (κ1) is 15.0. The number of nitrogens with one attached hydrogen (secondary N) is 1. The second kappa shape index (κ2) is 5.69. The van der Waals surface area contributed by atoms with Gasteiger partial charge in [-0.15, -0.1) is 0 Å². The van der Waals surface area contributed by atoms with Gasteiger partial charge in [0, 0.05) is 31.2 Å². The van der Waals surface area contributed by atoms with Gasteiger partial charge in [-0.3, -0.25) is 9.58 Å². The van der Waals surface area contributed by atoms with Crippen molar-refractivity contribution in [1.29, 1.82) is 0 Å². The molecule has 2 aliphatic rings. The summed E-state index contributed by atoms with van der Waals surface area (Å²) >= 11 is 0. The molecule has 0 unspecified atom stereocenters. The van der Waals surface area contributed by atoms with E-state index < -0.39 is 0 Å². The monoisotopic (exact) mass is 291 g/mol. The molecule has 1 N–H and O–H groups in total. The average Bonchev–Trinajstić information content (AvgIpc) is 3.13. The van der Waals surface area contributed by atoms with Crippen LogP contribution in [0, 0.1) is 0 Å². The fraction of sp³-hybridized carbons (Fsp3) is 0.875. The van der Waals surface area contributed by atoms with Crippen LogP contribution in [0.4, 0.5) is 0 Å². The largest absolute Gasteiger partial charge is 0.308 e. The van der Waals surface area contributed by atoms with Crippen LogP contribution in [0.2, 0.25) is 0 Å². The van der Waals surface area contributed by atoms with Gasteiger partial charge in [-0.1, -0.05) is 26.7 Å². The van der Waals surface area contributed by atoms with Gasteiger partial charge in [0.05, 0.1) is 6.54 Å². The van der Waals surface area contributed by atoms with Crippen molar-refractivity contribution < 1.29 is 0 Å². The third-order valence-electron chi connectivity index (χ3n) is 5.98. The predicted molar refractivity (Wildman–Crippen MR) is 83.9 cm³/mol. The molecule has 1 aromatic rings. The minimum Gasteiger partial charge on any atom is -0.308 e. The third-order valence-corrected chi connectivity index (χ3v) is 5.98. The van der Waals surface area contributed by atoms with Crippen LogP contribution >= 0.6 is 0 Å². The predicted octanol–water partition coefficient (Wildman–Crippen LogP) is 2.09. The summed E-state index contributed by atoms with van der Waals surface area (Å²) < 4.78 is 1.92. The molecule has 3 rings (SSSR count). The zero-order valence-electron chi connectivity index (χ0n) is 13.7. The Balaban J connectivity index is 1.84. The fourth-order valence-electron chi connectivity index (χ4n) is 4.16. The molecular formula is C16H29N5. The SMILES string of the molecule is CCC1(CC)CN(Cc2ncnn2C)C2(CCCC2)CN1. The number of rotatable bonds is 4. The maximum atomic E-state index is 4.45. The van der Waals surface area contributed by atoms with Crippen LogP contribution in [-0.2, 0) is 13.6 Å². The van der Waals surface area contributed by atoms with E-state index in [-0.39, 0.29) is 5.54 Å². The van der Waals surface area contributed by atoms with Crippen molar-refractivity contribution >= 4 is 0 Å². The van der Waals surface area contributed by atoms with Gasteiger partial charge in [0.1, 0.15) is 12.2 Å². The van der Waals surface area contributed by atoms with Crippen molar-refractivity contribution in [2.45, 2.75) is 70.0 Å². The van der Waals surface area contributed by atoms with E-state index in [1.165, 1.54) is 38.5 Å². The molecule has 5 heteroatoms. The van der Waals surface area contributed by atoms with Crippen LogP contribution in [-0.4, -0.2) is 43.8 Å². The number of hydrogen-bond acceptors (Lipinski definition) is 4. The van der Waals surface area contributed by atoms with Gasteiger partial charge in [0.15, 0.2) is 0 Å². The minimum atomic E-state index is 0.270. The van der Waals surface area contributed by atoms with Crippen molar-refractivity contribution in [3.8, 4) is 0 Å². The first-order valence-electron chi connectivity index (χ1n) is 8.46. The van der Waals surface area contributed by atoms with Gasteiger partial charge < -0.3 is 5.32 Å². The number of aromatic nitrogens is 3. The minimum absolute atomic E-state index is 0.270. The Bertz CT molecular complexity index is 471. The average molecular weight is 291 g/mol. The van der Waals surface area contributed by atoms with Crippen molar-refractivity contribution in [3.05, 3.63) is 12.2 Å². The molecule has 1 saturated carbocycles. The van der Waals surface area contributed by atoms with Crippen LogP contribution in [0.3, 0.4) is 0 Å². The van der Waals surface area contributed by atoms with Crippen molar-refractivity contribution in [1.82, 2.24) is 25.0 Å². The Morgan fingerprint density at radius 1 is 1.24 bits per heavy atom. The Morgan fingerprint density at radius 3 is 2.52 bits per heavy atom. The van der Waals surface area contributed by atoms with Gasteiger partial charge in [-0.25, -0.2) is 4.98 Å². The summed E-state index contributed by atoms with van der Waals surface area (Å²) in [4.78, 5) is 7.17. The van der Waals surface area contributed by atoms with Crippen molar-refractivity contribution in [2.75, 3.05) is 13.1 Å². The Morgan fingerprint density at radius 2 is 1.95 bits per heavy atom. The molecule has 0 bridgehead atoms. The highest BCUT2D eigenvalue weighted by Gasteiger charge is 2.47. The Kier molecular flexibility index (Phi) is 4.06. The summed E-state index contributed by atoms with van der Waals surface area (Å²) in [6.45, 7) is 7.81. The smallest absolute Gasteiger partial charge is 0.140 e. The molecule has 1 aromatic heterocycles. The highest BCUT2D eigenvalue weighted by molar-refractivity contribution is 5.07. The lowest BCUT2D eigenvalue weighted by Crippen LogP contribution is -2.68. The lowest BCUT2D eigenvalue weighted by atomic mass is 9.82. The highest BCUT2D eigenvalue weighted by atomic mass is 15.4. The first-order chi connectivity index (χ1) is 10.1. The Labute approximate surface area is 128 Å². The van der Waals surface area contributed by atoms with E-state index in [9.17, 15) is 0 Å². The molecule has 1 spiro atoms. The van der Waals surface area contributed by atoms with Crippen LogP contribution in [0.25, 0.3) is 0 Å². The molecule has 0 amide bonds. The van der Waals surface area contributed by atoms with Gasteiger partial charge in [0.2, 0.25) is 0 Å². The van der Waals surface area contributed by atoms with Gasteiger partial charge in [-0.2, -0.15) is 5.10 Å². The molecular weight excluding hydrogens is 262 g/mol. The standard InChI is InChI=1S/C16H29N5/c1-4-15(5-2)12-21(10-14-17-13-19-20(14)3)16(11-18-15)8-6-7-9-16/h13,18H,4-12H2,1-3H3. The lowest BCUT2D eigenvalue weighted by Gasteiger charge is -2.53. The fourth-order valence-corrected chi connectivity index (χ4v) is 4.16. The maximum Gasteiger partial charge on any atom is 0.140 e. The zero-order valence-corrected chi connectivity index (χ0v) is 13.7. The molecule has 0 radical (unpaired) electrons. The molecule has 2 heterocycles. The third kappa shape index (κ3) is 2.61. The molecule has 2 fully saturated rings. The molecule has 5 nitrogen and oxygen atoms in total. The van der Waals surface area contributed by atoms with Crippen LogP contribution in [0.5, 0.6) is 0 Å². The van der Waals surface area contributed by atoms with Crippen LogP contribution < -0.4 is 5.32 Å². The van der Waals surface area contributed by atoms with Crippen molar-refractivity contribution in [3.63, 3.8) is 0 Å². The van der Waals surface area contributed by atoms with E-state index in [2.05, 4.69) is 34.1 Å². The normalized spacial score (nSPS) is 24.7. The zero-order chi connectivity index (χ0) is 14.9. The first-order valence-corrected chi connectivity index (χ1v) is 8.46. The van der Waals surface area contributed by atoms with Gasteiger partial charge in [0.25, 0.3) is 0 Å². The summed E-state index contributed by atoms with van der Waals surface area (Å²) in [5.74, 6) is 1.09. The second-order valence-electron chi connectivity index (χ2n) is 6.93. The molecule has 118 valence electrons. The molecule has 1 aliphatic heterocycles. The van der Waals surface area contributed by atoms with E-state index in [0.29, 0.717) is 5.54 Å². The van der Waals surface area contributed by atoms with E-state index >= 15 is 0 Å². The van der Waals surface area contributed by atoms with Gasteiger partial charge >= 0.3 is 0 Å². The number of hydrogen-bond donors (Lipinski definition) is 1. The van der Waals surface area contributed by atoms with E-state index in [0.717, 1.165) is 25.5 Å². The summed E-state index contributed by atoms with van der Waals surface area (Å²) in [7, 11) is 2.00. The maximum absolute atomic E-state index is 4.45. The molecule has 1 aliphatic carbocycles. The topological polar surface area (TPSA) is 46.0 Å². The Hall–Kier alpha value is -0.940. The van der Waals surface area contributed by atoms with E-state index in [4.69, 9.17) is 0 Å². The highest BCUT2D eigenvalue weighted by Crippen LogP contribution is 2.40. The number of aryl methyl sites for hydroxylation is 1. The van der Waals surface area contributed by atoms with E-state index in [1.807, 2.05) is 11.7 Å². The van der Waals surface area contributed by atoms with Crippen LogP contribution in [0.1, 0.15) is 58.2 Å². The quantitative estimate of drug-likeness (QED) is 0.923. The summed E-state index contributed by atoms with van der Waals surface area (Å²) in [5.41, 5.74) is 0.617. The second-order valence-corrected chi connectivity index (χ2v) is 6.93. The number of piperazine rings is 1. The lowest BCUT2D eigenvalue weighted by molar-refractivity contribution is -0.00450. The van der Waals surface area contributed by atoms with Crippen molar-refractivity contribution in [2.24, 2.45) is 7.05 Å². The van der Waals surface area contributed by atoms with E-state index in [1.54, 1.807) is 6.33 Å². The molecule has 0 atom stereocenters. The molecule has 0 aromatic carbocycles. The molecule has 1 saturated heterocycles. The summed E-state index contributed by atoms with van der Waals surface area (Å²) in [6.07, 6.45) is 9.42. The van der Waals surface area contributed by atoms with Crippen LogP contribution in [0.15, 0.2) is 6.33 Å². The number of nitrogens with zero attached hydrogens (tertiary/aromatic N) is 4. The summed E-state index contributed by atoms with van der Waals surface area (Å²) in [5, 5.41) is 8.14.